The Morgan fingerprint density at radius 1 is 1.47 bits per heavy atom. The Labute approximate surface area is 112 Å². The van der Waals surface area contributed by atoms with Crippen molar-refractivity contribution in [2.24, 2.45) is 7.05 Å². The first kappa shape index (κ1) is 13.1. The van der Waals surface area contributed by atoms with E-state index in [2.05, 4.69) is 10.4 Å². The maximum atomic E-state index is 12.0. The van der Waals surface area contributed by atoms with E-state index < -0.39 is 0 Å². The molecule has 1 heterocycles. The lowest BCUT2D eigenvalue weighted by atomic mass is 10.2. The van der Waals surface area contributed by atoms with Crippen LogP contribution in [-0.2, 0) is 7.05 Å². The highest BCUT2D eigenvalue weighted by molar-refractivity contribution is 6.04. The van der Waals surface area contributed by atoms with Crippen LogP contribution >= 0.6 is 0 Å². The number of carbonyl (C=O) groups excluding carboxylic acids is 1. The van der Waals surface area contributed by atoms with Crippen LogP contribution in [0.3, 0.4) is 0 Å². The van der Waals surface area contributed by atoms with Crippen molar-refractivity contribution in [1.29, 1.82) is 0 Å². The third-order valence-corrected chi connectivity index (χ3v) is 2.65. The van der Waals surface area contributed by atoms with Crippen LogP contribution in [0.25, 0.3) is 0 Å². The van der Waals surface area contributed by atoms with E-state index in [1.54, 1.807) is 17.9 Å². The number of aromatic nitrogens is 2. The monoisotopic (exact) mass is 259 g/mol. The van der Waals surface area contributed by atoms with Crippen LogP contribution in [0.1, 0.15) is 22.8 Å². The number of benzene rings is 1. The summed E-state index contributed by atoms with van der Waals surface area (Å²) in [6.45, 7) is 4.45. The van der Waals surface area contributed by atoms with Crippen LogP contribution in [0.15, 0.2) is 30.6 Å². The smallest absolute Gasteiger partial charge is 0.258 e. The fourth-order valence-corrected chi connectivity index (χ4v) is 1.74. The molecule has 5 nitrogen and oxygen atoms in total. The van der Waals surface area contributed by atoms with Gasteiger partial charge in [-0.3, -0.25) is 9.48 Å². The van der Waals surface area contributed by atoms with Crippen molar-refractivity contribution in [3.63, 3.8) is 0 Å². The molecule has 0 saturated heterocycles. The van der Waals surface area contributed by atoms with Crippen molar-refractivity contribution in [2.45, 2.75) is 13.8 Å². The summed E-state index contributed by atoms with van der Waals surface area (Å²) >= 11 is 0. The number of rotatable bonds is 4. The van der Waals surface area contributed by atoms with Crippen molar-refractivity contribution in [3.05, 3.63) is 41.7 Å². The molecular formula is C14H17N3O2. The Morgan fingerprint density at radius 2 is 2.26 bits per heavy atom. The van der Waals surface area contributed by atoms with E-state index in [4.69, 9.17) is 4.74 Å². The molecular weight excluding hydrogens is 242 g/mol. The summed E-state index contributed by atoms with van der Waals surface area (Å²) in [6, 6.07) is 5.68. The molecule has 0 bridgehead atoms. The Morgan fingerprint density at radius 3 is 2.89 bits per heavy atom. The zero-order valence-electron chi connectivity index (χ0n) is 11.3. The summed E-state index contributed by atoms with van der Waals surface area (Å²) in [7, 11) is 1.77. The molecule has 0 saturated carbocycles. The van der Waals surface area contributed by atoms with Crippen molar-refractivity contribution in [2.75, 3.05) is 11.9 Å². The van der Waals surface area contributed by atoms with Crippen LogP contribution in [-0.4, -0.2) is 22.3 Å². The second-order valence-electron chi connectivity index (χ2n) is 4.29. The predicted molar refractivity (Wildman–Crippen MR) is 73.5 cm³/mol. The van der Waals surface area contributed by atoms with Crippen LogP contribution in [0.4, 0.5) is 5.69 Å². The van der Waals surface area contributed by atoms with Gasteiger partial charge in [-0.25, -0.2) is 0 Å². The molecule has 1 aromatic carbocycles. The molecule has 0 aliphatic heterocycles. The second kappa shape index (κ2) is 5.56. The highest BCUT2D eigenvalue weighted by atomic mass is 16.5. The zero-order valence-corrected chi connectivity index (χ0v) is 11.3. The number of amides is 1. The Balaban J connectivity index is 2.20. The van der Waals surface area contributed by atoms with E-state index >= 15 is 0 Å². The summed E-state index contributed by atoms with van der Waals surface area (Å²) in [6.07, 6.45) is 3.20. The van der Waals surface area contributed by atoms with Gasteiger partial charge in [0.25, 0.3) is 5.91 Å². The fraction of sp³-hybridized carbons (Fsp3) is 0.286. The summed E-state index contributed by atoms with van der Waals surface area (Å²) in [5.41, 5.74) is 2.27. The molecule has 0 radical (unpaired) electrons. The summed E-state index contributed by atoms with van der Waals surface area (Å²) in [5.74, 6) is 0.484. The van der Waals surface area contributed by atoms with E-state index in [1.807, 2.05) is 32.0 Å². The first-order valence-electron chi connectivity index (χ1n) is 6.13. The molecule has 2 aromatic rings. The molecule has 5 heteroatoms. The lowest BCUT2D eigenvalue weighted by molar-refractivity contribution is 0.102. The molecule has 0 spiro atoms. The van der Waals surface area contributed by atoms with E-state index in [1.165, 1.54) is 6.20 Å². The number of nitrogens with one attached hydrogen (secondary N) is 1. The van der Waals surface area contributed by atoms with Crippen molar-refractivity contribution < 1.29 is 9.53 Å². The van der Waals surface area contributed by atoms with Gasteiger partial charge in [0.1, 0.15) is 5.75 Å². The van der Waals surface area contributed by atoms with Gasteiger partial charge >= 0.3 is 0 Å². The lowest BCUT2D eigenvalue weighted by Crippen LogP contribution is -2.12. The van der Waals surface area contributed by atoms with Gasteiger partial charge in [0.2, 0.25) is 0 Å². The summed E-state index contributed by atoms with van der Waals surface area (Å²) in [4.78, 5) is 12.0. The topological polar surface area (TPSA) is 56.1 Å². The molecule has 100 valence electrons. The SMILES string of the molecule is CCOc1cc(C)ccc1NC(=O)c1cnn(C)c1. The van der Waals surface area contributed by atoms with Gasteiger partial charge in [-0.2, -0.15) is 5.10 Å². The van der Waals surface area contributed by atoms with Crippen molar-refractivity contribution in [3.8, 4) is 5.75 Å². The second-order valence-corrected chi connectivity index (χ2v) is 4.29. The minimum Gasteiger partial charge on any atom is -0.492 e. The van der Waals surface area contributed by atoms with Crippen LogP contribution in [0, 0.1) is 6.92 Å². The van der Waals surface area contributed by atoms with Crippen molar-refractivity contribution in [1.82, 2.24) is 9.78 Å². The number of carbonyl (C=O) groups is 1. The highest BCUT2D eigenvalue weighted by Gasteiger charge is 2.11. The number of hydrogen-bond acceptors (Lipinski definition) is 3. The van der Waals surface area contributed by atoms with Crippen molar-refractivity contribution >= 4 is 11.6 Å². The maximum absolute atomic E-state index is 12.0. The summed E-state index contributed by atoms with van der Waals surface area (Å²) in [5, 5.41) is 6.81. The lowest BCUT2D eigenvalue weighted by Gasteiger charge is -2.11. The van der Waals surface area contributed by atoms with Gasteiger partial charge in [0, 0.05) is 13.2 Å². The number of nitrogens with zero attached hydrogens (tertiary/aromatic N) is 2. The third kappa shape index (κ3) is 3.13. The van der Waals surface area contributed by atoms with Gasteiger partial charge in [0.05, 0.1) is 24.1 Å². The highest BCUT2D eigenvalue weighted by Crippen LogP contribution is 2.26. The predicted octanol–water partition coefficient (Wildman–Crippen LogP) is 2.38. The van der Waals surface area contributed by atoms with E-state index in [0.717, 1.165) is 5.56 Å². The van der Waals surface area contributed by atoms with E-state index in [9.17, 15) is 4.79 Å². The molecule has 0 atom stereocenters. The standard InChI is InChI=1S/C14H17N3O2/c1-4-19-13-7-10(2)5-6-12(13)16-14(18)11-8-15-17(3)9-11/h5-9H,4H2,1-3H3,(H,16,18). The van der Waals surface area contributed by atoms with Crippen LogP contribution < -0.4 is 10.1 Å². The molecule has 0 aliphatic rings. The molecule has 0 aliphatic carbocycles. The first-order valence-corrected chi connectivity index (χ1v) is 6.13. The van der Waals surface area contributed by atoms with Crippen LogP contribution in [0.5, 0.6) is 5.75 Å². The maximum Gasteiger partial charge on any atom is 0.258 e. The van der Waals surface area contributed by atoms with Gasteiger partial charge < -0.3 is 10.1 Å². The normalized spacial score (nSPS) is 10.3. The molecule has 1 aromatic heterocycles. The largest absolute Gasteiger partial charge is 0.492 e. The average Bonchev–Trinajstić information content (AvgIpc) is 2.80. The molecule has 1 N–H and O–H groups in total. The van der Waals surface area contributed by atoms with Gasteiger partial charge in [0.15, 0.2) is 0 Å². The molecule has 1 amide bonds. The molecule has 19 heavy (non-hydrogen) atoms. The van der Waals surface area contributed by atoms with E-state index in [0.29, 0.717) is 23.6 Å². The molecule has 0 unspecified atom stereocenters. The van der Waals surface area contributed by atoms with Crippen LogP contribution in [0.2, 0.25) is 0 Å². The van der Waals surface area contributed by atoms with Gasteiger partial charge in [-0.1, -0.05) is 6.07 Å². The number of anilines is 1. The Bertz CT molecular complexity index is 590. The number of ether oxygens (including phenoxy) is 1. The molecule has 2 rings (SSSR count). The minimum absolute atomic E-state index is 0.196. The van der Waals surface area contributed by atoms with Gasteiger partial charge in [-0.15, -0.1) is 0 Å². The molecule has 0 fully saturated rings. The third-order valence-electron chi connectivity index (χ3n) is 2.65. The zero-order chi connectivity index (χ0) is 13.8. The number of aryl methyl sites for hydroxylation is 2. The van der Waals surface area contributed by atoms with Gasteiger partial charge in [-0.05, 0) is 31.5 Å². The van der Waals surface area contributed by atoms with E-state index in [-0.39, 0.29) is 5.91 Å². The Kier molecular flexibility index (Phi) is 3.85. The Hall–Kier alpha value is -2.30. The first-order chi connectivity index (χ1) is 9.10. The number of hydrogen-bond donors (Lipinski definition) is 1. The quantitative estimate of drug-likeness (QED) is 0.917. The summed E-state index contributed by atoms with van der Waals surface area (Å²) < 4.78 is 7.12. The fourth-order valence-electron chi connectivity index (χ4n) is 1.74. The minimum atomic E-state index is -0.196. The average molecular weight is 259 g/mol.